The fourth-order valence-electron chi connectivity index (χ4n) is 2.95. The summed E-state index contributed by atoms with van der Waals surface area (Å²) in [6.45, 7) is 0.605. The molecule has 1 heterocycles. The second-order valence-corrected chi connectivity index (χ2v) is 6.35. The smallest absolute Gasteiger partial charge is 0.270 e. The van der Waals surface area contributed by atoms with Crippen LogP contribution in [0.1, 0.15) is 15.9 Å². The van der Waals surface area contributed by atoms with E-state index >= 15 is 0 Å². The molecule has 0 bridgehead atoms. The quantitative estimate of drug-likeness (QED) is 0.482. The van der Waals surface area contributed by atoms with E-state index in [9.17, 15) is 14.9 Å². The van der Waals surface area contributed by atoms with E-state index in [1.54, 1.807) is 18.2 Å². The first-order chi connectivity index (χ1) is 14.1. The van der Waals surface area contributed by atoms with Crippen molar-refractivity contribution in [2.75, 3.05) is 17.4 Å². The van der Waals surface area contributed by atoms with Crippen molar-refractivity contribution in [1.29, 1.82) is 0 Å². The predicted octanol–water partition coefficient (Wildman–Crippen LogP) is 4.19. The first-order valence-corrected chi connectivity index (χ1v) is 8.87. The summed E-state index contributed by atoms with van der Waals surface area (Å²) in [7, 11) is 0. The Kier molecular flexibility index (Phi) is 4.98. The van der Waals surface area contributed by atoms with Gasteiger partial charge in [0.1, 0.15) is 0 Å². The number of ether oxygens (including phenoxy) is 2. The van der Waals surface area contributed by atoms with Crippen LogP contribution in [0.25, 0.3) is 0 Å². The summed E-state index contributed by atoms with van der Waals surface area (Å²) in [6.07, 6.45) is 0. The Labute approximate surface area is 166 Å². The zero-order chi connectivity index (χ0) is 20.2. The van der Waals surface area contributed by atoms with Gasteiger partial charge in [-0.25, -0.2) is 0 Å². The van der Waals surface area contributed by atoms with Crippen molar-refractivity contribution in [3.63, 3.8) is 0 Å². The van der Waals surface area contributed by atoms with Crippen molar-refractivity contribution in [3.05, 3.63) is 88.0 Å². The molecule has 1 amide bonds. The molecule has 0 fully saturated rings. The molecule has 8 nitrogen and oxygen atoms in total. The minimum atomic E-state index is -0.529. The summed E-state index contributed by atoms with van der Waals surface area (Å²) in [5.41, 5.74) is 2.03. The number of carbonyl (C=O) groups is 1. The van der Waals surface area contributed by atoms with Crippen LogP contribution in [0.3, 0.4) is 0 Å². The van der Waals surface area contributed by atoms with Crippen molar-refractivity contribution in [3.8, 4) is 11.5 Å². The standard InChI is InChI=1S/C21H17N3O5/c25-21(23-15-6-9-19-20(10-15)29-13-28-19)17-11-16(24(26)27)7-8-18(17)22-12-14-4-2-1-3-5-14/h1-11,22H,12-13H2,(H,23,25). The third-order valence-electron chi connectivity index (χ3n) is 4.41. The van der Waals surface area contributed by atoms with Gasteiger partial charge in [-0.1, -0.05) is 30.3 Å². The van der Waals surface area contributed by atoms with Crippen molar-refractivity contribution < 1.29 is 19.2 Å². The molecule has 0 atom stereocenters. The molecule has 0 saturated heterocycles. The van der Waals surface area contributed by atoms with Crippen LogP contribution in [0.15, 0.2) is 66.7 Å². The van der Waals surface area contributed by atoms with Crippen LogP contribution >= 0.6 is 0 Å². The number of anilines is 2. The summed E-state index contributed by atoms with van der Waals surface area (Å²) in [6, 6.07) is 18.8. The summed E-state index contributed by atoms with van der Waals surface area (Å²) in [4.78, 5) is 23.5. The van der Waals surface area contributed by atoms with Gasteiger partial charge in [0, 0.05) is 36.1 Å². The van der Waals surface area contributed by atoms with E-state index in [1.165, 1.54) is 18.2 Å². The highest BCUT2D eigenvalue weighted by atomic mass is 16.7. The van der Waals surface area contributed by atoms with E-state index in [0.717, 1.165) is 5.56 Å². The van der Waals surface area contributed by atoms with Crippen LogP contribution in [0, 0.1) is 10.1 Å². The third kappa shape index (κ3) is 4.11. The molecule has 0 aliphatic carbocycles. The molecule has 3 aromatic carbocycles. The lowest BCUT2D eigenvalue weighted by molar-refractivity contribution is -0.384. The minimum Gasteiger partial charge on any atom is -0.454 e. The SMILES string of the molecule is O=C(Nc1ccc2c(c1)OCO2)c1cc([N+](=O)[O-])ccc1NCc1ccccc1. The van der Waals surface area contributed by atoms with Gasteiger partial charge in [-0.3, -0.25) is 14.9 Å². The molecule has 0 spiro atoms. The molecule has 29 heavy (non-hydrogen) atoms. The van der Waals surface area contributed by atoms with E-state index in [4.69, 9.17) is 9.47 Å². The van der Waals surface area contributed by atoms with Crippen LogP contribution in [0.5, 0.6) is 11.5 Å². The number of hydrogen-bond acceptors (Lipinski definition) is 6. The first kappa shape index (κ1) is 18.3. The zero-order valence-corrected chi connectivity index (χ0v) is 15.3. The molecule has 0 radical (unpaired) electrons. The summed E-state index contributed by atoms with van der Waals surface area (Å²) < 4.78 is 10.6. The highest BCUT2D eigenvalue weighted by Crippen LogP contribution is 2.34. The Morgan fingerprint density at radius 3 is 2.59 bits per heavy atom. The lowest BCUT2D eigenvalue weighted by atomic mass is 10.1. The molecule has 4 rings (SSSR count). The third-order valence-corrected chi connectivity index (χ3v) is 4.41. The highest BCUT2D eigenvalue weighted by molar-refractivity contribution is 6.08. The van der Waals surface area contributed by atoms with Gasteiger partial charge in [0.2, 0.25) is 6.79 Å². The maximum Gasteiger partial charge on any atom is 0.270 e. The Hall–Kier alpha value is -4.07. The van der Waals surface area contributed by atoms with Gasteiger partial charge < -0.3 is 20.1 Å². The van der Waals surface area contributed by atoms with E-state index in [0.29, 0.717) is 29.4 Å². The number of nitrogens with one attached hydrogen (secondary N) is 2. The number of nitro groups is 1. The summed E-state index contributed by atoms with van der Waals surface area (Å²) in [5.74, 6) is 0.663. The van der Waals surface area contributed by atoms with Crippen LogP contribution in [0.4, 0.5) is 17.1 Å². The van der Waals surface area contributed by atoms with Gasteiger partial charge in [0.25, 0.3) is 11.6 Å². The highest BCUT2D eigenvalue weighted by Gasteiger charge is 2.19. The maximum atomic E-state index is 12.9. The lowest BCUT2D eigenvalue weighted by Crippen LogP contribution is -2.15. The monoisotopic (exact) mass is 391 g/mol. The van der Waals surface area contributed by atoms with Gasteiger partial charge in [-0.05, 0) is 23.8 Å². The molecule has 8 heteroatoms. The number of non-ortho nitro benzene ring substituents is 1. The minimum absolute atomic E-state index is 0.130. The maximum absolute atomic E-state index is 12.9. The molecular formula is C21H17N3O5. The molecular weight excluding hydrogens is 374 g/mol. The van der Waals surface area contributed by atoms with Crippen LogP contribution < -0.4 is 20.1 Å². The fourth-order valence-corrected chi connectivity index (χ4v) is 2.95. The average Bonchev–Trinajstić information content (AvgIpc) is 3.20. The topological polar surface area (TPSA) is 103 Å². The second kappa shape index (κ2) is 7.89. The molecule has 0 saturated carbocycles. The number of nitrogens with zero attached hydrogens (tertiary/aromatic N) is 1. The van der Waals surface area contributed by atoms with E-state index in [-0.39, 0.29) is 18.0 Å². The average molecular weight is 391 g/mol. The number of nitro benzene ring substituents is 1. The number of fused-ring (bicyclic) bond motifs is 1. The Morgan fingerprint density at radius 1 is 1.00 bits per heavy atom. The molecule has 1 aliphatic rings. The fraction of sp³-hybridized carbons (Fsp3) is 0.0952. The number of hydrogen-bond donors (Lipinski definition) is 2. The van der Waals surface area contributed by atoms with Crippen LogP contribution in [-0.4, -0.2) is 17.6 Å². The van der Waals surface area contributed by atoms with Crippen LogP contribution in [-0.2, 0) is 6.54 Å². The predicted molar refractivity (Wildman–Crippen MR) is 107 cm³/mol. The first-order valence-electron chi connectivity index (χ1n) is 8.87. The van der Waals surface area contributed by atoms with Gasteiger partial charge in [0.05, 0.1) is 10.5 Å². The van der Waals surface area contributed by atoms with Gasteiger partial charge in [-0.2, -0.15) is 0 Å². The van der Waals surface area contributed by atoms with Crippen LogP contribution in [0.2, 0.25) is 0 Å². The Bertz CT molecular complexity index is 1070. The normalized spacial score (nSPS) is 11.7. The zero-order valence-electron chi connectivity index (χ0n) is 15.3. The molecule has 3 aromatic rings. The molecule has 0 unspecified atom stereocenters. The van der Waals surface area contributed by atoms with Crippen molar-refractivity contribution in [2.24, 2.45) is 0 Å². The summed E-state index contributed by atoms with van der Waals surface area (Å²) in [5, 5.41) is 17.1. The van der Waals surface area contributed by atoms with Gasteiger partial charge >= 0.3 is 0 Å². The second-order valence-electron chi connectivity index (χ2n) is 6.35. The number of carbonyl (C=O) groups excluding carboxylic acids is 1. The Balaban J connectivity index is 1.58. The molecule has 2 N–H and O–H groups in total. The van der Waals surface area contributed by atoms with Crippen molar-refractivity contribution in [2.45, 2.75) is 6.54 Å². The summed E-state index contributed by atoms with van der Waals surface area (Å²) >= 11 is 0. The molecule has 0 aromatic heterocycles. The number of benzene rings is 3. The van der Waals surface area contributed by atoms with Crippen molar-refractivity contribution in [1.82, 2.24) is 0 Å². The molecule has 1 aliphatic heterocycles. The van der Waals surface area contributed by atoms with Gasteiger partial charge in [-0.15, -0.1) is 0 Å². The van der Waals surface area contributed by atoms with E-state index < -0.39 is 10.8 Å². The van der Waals surface area contributed by atoms with Crippen molar-refractivity contribution >= 4 is 23.0 Å². The molecule has 146 valence electrons. The lowest BCUT2D eigenvalue weighted by Gasteiger charge is -2.13. The van der Waals surface area contributed by atoms with Gasteiger partial charge in [0.15, 0.2) is 11.5 Å². The number of amides is 1. The van der Waals surface area contributed by atoms with E-state index in [2.05, 4.69) is 10.6 Å². The van der Waals surface area contributed by atoms with E-state index in [1.807, 2.05) is 30.3 Å². The number of rotatable bonds is 6. The largest absolute Gasteiger partial charge is 0.454 e. The Morgan fingerprint density at radius 2 is 1.79 bits per heavy atom.